The summed E-state index contributed by atoms with van der Waals surface area (Å²) in [5.74, 6) is 0.810. The molecule has 0 unspecified atom stereocenters. The number of methoxy groups -OCH3 is 1. The van der Waals surface area contributed by atoms with Crippen molar-refractivity contribution in [3.63, 3.8) is 0 Å². The SMILES string of the molecule is COc1cc(Cc2ccccc2)c(O)c(-n2nc3ccccc3n2)c1. The Morgan fingerprint density at radius 3 is 2.20 bits per heavy atom. The topological polar surface area (TPSA) is 60.2 Å². The molecule has 0 amide bonds. The molecule has 4 aromatic rings. The van der Waals surface area contributed by atoms with Gasteiger partial charge in [-0.1, -0.05) is 42.5 Å². The monoisotopic (exact) mass is 331 g/mol. The Hall–Kier alpha value is -3.34. The standard InChI is InChI=1S/C20H17N3O2/c1-25-16-12-15(11-14-7-3-2-4-8-14)20(24)19(13-16)23-21-17-9-5-6-10-18(17)22-23/h2-10,12-13,24H,11H2,1H3. The van der Waals surface area contributed by atoms with Gasteiger partial charge in [-0.2, -0.15) is 0 Å². The van der Waals surface area contributed by atoms with E-state index in [0.717, 1.165) is 22.2 Å². The Bertz CT molecular complexity index is 993. The maximum Gasteiger partial charge on any atom is 0.146 e. The van der Waals surface area contributed by atoms with Crippen LogP contribution in [0.2, 0.25) is 0 Å². The molecule has 0 atom stereocenters. The summed E-state index contributed by atoms with van der Waals surface area (Å²) in [7, 11) is 1.61. The van der Waals surface area contributed by atoms with Crippen LogP contribution in [0.15, 0.2) is 66.7 Å². The largest absolute Gasteiger partial charge is 0.505 e. The molecule has 1 aromatic heterocycles. The summed E-state index contributed by atoms with van der Waals surface area (Å²) in [5.41, 5.74) is 3.92. The van der Waals surface area contributed by atoms with Gasteiger partial charge in [0.05, 0.1) is 7.11 Å². The van der Waals surface area contributed by atoms with E-state index in [2.05, 4.69) is 10.2 Å². The molecule has 3 aromatic carbocycles. The maximum atomic E-state index is 10.8. The van der Waals surface area contributed by atoms with Crippen LogP contribution in [0.25, 0.3) is 16.7 Å². The highest BCUT2D eigenvalue weighted by molar-refractivity contribution is 5.73. The van der Waals surface area contributed by atoms with E-state index < -0.39 is 0 Å². The molecule has 0 aliphatic carbocycles. The molecule has 5 heteroatoms. The average Bonchev–Trinajstić information content (AvgIpc) is 3.08. The number of aromatic hydroxyl groups is 1. The van der Waals surface area contributed by atoms with Crippen molar-refractivity contribution < 1.29 is 9.84 Å². The van der Waals surface area contributed by atoms with Gasteiger partial charge in [0, 0.05) is 18.1 Å². The van der Waals surface area contributed by atoms with Crippen molar-refractivity contribution in [1.29, 1.82) is 0 Å². The van der Waals surface area contributed by atoms with Crippen LogP contribution in [0, 0.1) is 0 Å². The van der Waals surface area contributed by atoms with E-state index in [1.54, 1.807) is 13.2 Å². The van der Waals surface area contributed by atoms with Gasteiger partial charge >= 0.3 is 0 Å². The molecule has 0 fully saturated rings. The first kappa shape index (κ1) is 15.2. The van der Waals surface area contributed by atoms with Crippen molar-refractivity contribution in [1.82, 2.24) is 15.0 Å². The molecule has 0 saturated heterocycles. The summed E-state index contributed by atoms with van der Waals surface area (Å²) in [4.78, 5) is 1.46. The summed E-state index contributed by atoms with van der Waals surface area (Å²) in [6, 6.07) is 21.2. The molecular weight excluding hydrogens is 314 g/mol. The number of benzene rings is 3. The van der Waals surface area contributed by atoms with Gasteiger partial charge in [0.15, 0.2) is 0 Å². The molecule has 0 aliphatic rings. The van der Waals surface area contributed by atoms with E-state index in [0.29, 0.717) is 17.9 Å². The van der Waals surface area contributed by atoms with Crippen LogP contribution in [0.4, 0.5) is 0 Å². The predicted octanol–water partition coefficient (Wildman–Crippen LogP) is 3.73. The summed E-state index contributed by atoms with van der Waals surface area (Å²) in [5, 5.41) is 19.7. The van der Waals surface area contributed by atoms with E-state index in [1.165, 1.54) is 4.80 Å². The third kappa shape index (κ3) is 2.92. The summed E-state index contributed by atoms with van der Waals surface area (Å²) in [6.07, 6.45) is 0.595. The summed E-state index contributed by atoms with van der Waals surface area (Å²) in [6.45, 7) is 0. The Morgan fingerprint density at radius 1 is 0.920 bits per heavy atom. The first-order valence-corrected chi connectivity index (χ1v) is 8.01. The minimum absolute atomic E-state index is 0.157. The number of phenolic OH excluding ortho intramolecular Hbond substituents is 1. The molecule has 0 spiro atoms. The highest BCUT2D eigenvalue weighted by Gasteiger charge is 2.15. The number of fused-ring (bicyclic) bond motifs is 1. The lowest BCUT2D eigenvalue weighted by Crippen LogP contribution is -2.02. The smallest absolute Gasteiger partial charge is 0.146 e. The summed E-state index contributed by atoms with van der Waals surface area (Å²) >= 11 is 0. The molecule has 0 saturated carbocycles. The molecular formula is C20H17N3O2. The van der Waals surface area contributed by atoms with Gasteiger partial charge in [-0.15, -0.1) is 15.0 Å². The second-order valence-corrected chi connectivity index (χ2v) is 5.79. The number of phenols is 1. The van der Waals surface area contributed by atoms with Gasteiger partial charge in [0.25, 0.3) is 0 Å². The van der Waals surface area contributed by atoms with Crippen molar-refractivity contribution in [3.8, 4) is 17.2 Å². The van der Waals surface area contributed by atoms with Crippen LogP contribution in [0.1, 0.15) is 11.1 Å². The molecule has 4 rings (SSSR count). The van der Waals surface area contributed by atoms with Gasteiger partial charge in [-0.05, 0) is 23.8 Å². The van der Waals surface area contributed by atoms with Crippen LogP contribution < -0.4 is 4.74 Å². The van der Waals surface area contributed by atoms with E-state index >= 15 is 0 Å². The van der Waals surface area contributed by atoms with Crippen molar-refractivity contribution in [3.05, 3.63) is 77.9 Å². The lowest BCUT2D eigenvalue weighted by atomic mass is 10.0. The Balaban J connectivity index is 1.83. The number of ether oxygens (including phenoxy) is 1. The number of nitrogens with zero attached hydrogens (tertiary/aromatic N) is 3. The third-order valence-corrected chi connectivity index (χ3v) is 4.12. The third-order valence-electron chi connectivity index (χ3n) is 4.12. The second-order valence-electron chi connectivity index (χ2n) is 5.79. The first-order chi connectivity index (χ1) is 12.2. The Morgan fingerprint density at radius 2 is 1.56 bits per heavy atom. The lowest BCUT2D eigenvalue weighted by molar-refractivity contribution is 0.409. The minimum Gasteiger partial charge on any atom is -0.505 e. The van der Waals surface area contributed by atoms with Crippen molar-refractivity contribution in [2.45, 2.75) is 6.42 Å². The summed E-state index contributed by atoms with van der Waals surface area (Å²) < 4.78 is 5.40. The van der Waals surface area contributed by atoms with Gasteiger partial charge < -0.3 is 9.84 Å². The van der Waals surface area contributed by atoms with Gasteiger partial charge in [-0.25, -0.2) is 0 Å². The second kappa shape index (κ2) is 6.28. The highest BCUT2D eigenvalue weighted by atomic mass is 16.5. The fourth-order valence-corrected chi connectivity index (χ4v) is 2.84. The molecule has 5 nitrogen and oxygen atoms in total. The van der Waals surface area contributed by atoms with Crippen molar-refractivity contribution >= 4 is 11.0 Å². The van der Waals surface area contributed by atoms with E-state index in [4.69, 9.17) is 4.74 Å². The van der Waals surface area contributed by atoms with Gasteiger partial charge in [0.2, 0.25) is 0 Å². The van der Waals surface area contributed by atoms with Gasteiger partial charge in [-0.3, -0.25) is 0 Å². The van der Waals surface area contributed by atoms with E-state index in [9.17, 15) is 5.11 Å². The van der Waals surface area contributed by atoms with Crippen molar-refractivity contribution in [2.75, 3.05) is 7.11 Å². The number of rotatable bonds is 4. The average molecular weight is 331 g/mol. The predicted molar refractivity (Wildman–Crippen MR) is 96.3 cm³/mol. The highest BCUT2D eigenvalue weighted by Crippen LogP contribution is 2.32. The molecule has 1 heterocycles. The van der Waals surface area contributed by atoms with E-state index in [-0.39, 0.29) is 5.75 Å². The molecule has 0 radical (unpaired) electrons. The quantitative estimate of drug-likeness (QED) is 0.619. The molecule has 25 heavy (non-hydrogen) atoms. The molecule has 1 N–H and O–H groups in total. The van der Waals surface area contributed by atoms with Gasteiger partial charge in [0.1, 0.15) is 28.2 Å². The maximum absolute atomic E-state index is 10.8. The fourth-order valence-electron chi connectivity index (χ4n) is 2.84. The zero-order chi connectivity index (χ0) is 17.2. The van der Waals surface area contributed by atoms with E-state index in [1.807, 2.05) is 60.7 Å². The Labute approximate surface area is 145 Å². The number of aromatic nitrogens is 3. The minimum atomic E-state index is 0.157. The first-order valence-electron chi connectivity index (χ1n) is 8.01. The van der Waals surface area contributed by atoms with Crippen molar-refractivity contribution in [2.24, 2.45) is 0 Å². The van der Waals surface area contributed by atoms with Crippen LogP contribution in [-0.2, 0) is 6.42 Å². The number of hydrogen-bond acceptors (Lipinski definition) is 4. The zero-order valence-corrected chi connectivity index (χ0v) is 13.8. The van der Waals surface area contributed by atoms with Crippen LogP contribution in [0.3, 0.4) is 0 Å². The van der Waals surface area contributed by atoms with Crippen LogP contribution >= 0.6 is 0 Å². The number of hydrogen-bond donors (Lipinski definition) is 1. The van der Waals surface area contributed by atoms with Crippen LogP contribution in [-0.4, -0.2) is 27.2 Å². The molecule has 0 bridgehead atoms. The molecule has 0 aliphatic heterocycles. The normalized spacial score (nSPS) is 10.9. The zero-order valence-electron chi connectivity index (χ0n) is 13.8. The lowest BCUT2D eigenvalue weighted by Gasteiger charge is -2.12. The van der Waals surface area contributed by atoms with Crippen LogP contribution in [0.5, 0.6) is 11.5 Å². The molecule has 124 valence electrons. The Kier molecular flexibility index (Phi) is 3.82. The fraction of sp³-hybridized carbons (Fsp3) is 0.100.